The van der Waals surface area contributed by atoms with Crippen molar-refractivity contribution >= 4 is 0 Å². The Kier molecular flexibility index (Phi) is 15.3. The largest absolute Gasteiger partial charge is 0.400 e. The first kappa shape index (κ1) is 23.0. The highest BCUT2D eigenvalue weighted by molar-refractivity contribution is 4.94. The van der Waals surface area contributed by atoms with Crippen molar-refractivity contribution in [3.05, 3.63) is 0 Å². The van der Waals surface area contributed by atoms with Crippen LogP contribution >= 0.6 is 0 Å². The Morgan fingerprint density at radius 2 is 1.11 bits per heavy atom. The van der Waals surface area contributed by atoms with E-state index in [1.165, 1.54) is 25.7 Å². The minimum absolute atomic E-state index is 0.405. The zero-order valence-electron chi connectivity index (χ0n) is 14.7. The normalized spacial score (nSPS) is 20.2. The fourth-order valence-corrected chi connectivity index (χ4v) is 2.11. The maximum atomic E-state index is 7.00. The molecular formula is C16H39NO. The number of hydrogen-bond acceptors (Lipinski definition) is 2. The predicted octanol–water partition coefficient (Wildman–Crippen LogP) is 4.71. The summed E-state index contributed by atoms with van der Waals surface area (Å²) in [5.74, 6) is 0. The van der Waals surface area contributed by atoms with E-state index in [9.17, 15) is 0 Å². The van der Waals surface area contributed by atoms with E-state index in [1.54, 1.807) is 0 Å². The van der Waals surface area contributed by atoms with E-state index in [0.29, 0.717) is 11.1 Å². The summed E-state index contributed by atoms with van der Waals surface area (Å²) in [6.07, 6.45) is 5.31. The first-order chi connectivity index (χ1) is 8.28. The van der Waals surface area contributed by atoms with E-state index in [-0.39, 0.29) is 0 Å². The average Bonchev–Trinajstić information content (AvgIpc) is 2.32. The lowest BCUT2D eigenvalue weighted by atomic mass is 9.80. The molecule has 18 heavy (non-hydrogen) atoms. The maximum absolute atomic E-state index is 7.00. The molecule has 1 aliphatic rings. The van der Waals surface area contributed by atoms with Crippen LogP contribution in [0.15, 0.2) is 0 Å². The number of hydrogen-bond donors (Lipinski definition) is 1. The third-order valence-electron chi connectivity index (χ3n) is 3.39. The van der Waals surface area contributed by atoms with Crippen LogP contribution in [0.2, 0.25) is 0 Å². The molecule has 1 N–H and O–H groups in total. The molecule has 1 saturated heterocycles. The van der Waals surface area contributed by atoms with Crippen LogP contribution in [0.5, 0.6) is 0 Å². The molecule has 0 unspecified atom stereocenters. The average molecular weight is 261 g/mol. The second-order valence-corrected chi connectivity index (χ2v) is 5.74. The standard InChI is InChI=1S/C10H21N.C3H8.C2H6.CH4O/c1-9(2)7-6-8-10(3,4)11(9)5;1-3-2;2*1-2/h6-8H2,1-5H3;3H2,1-2H3;1-2H3;2H,1H3. The Bertz CT molecular complexity index is 148. The van der Waals surface area contributed by atoms with E-state index >= 15 is 0 Å². The second kappa shape index (κ2) is 12.0. The van der Waals surface area contributed by atoms with Gasteiger partial charge in [-0.15, -0.1) is 0 Å². The molecule has 1 rings (SSSR count). The van der Waals surface area contributed by atoms with Crippen molar-refractivity contribution in [3.63, 3.8) is 0 Å². The Morgan fingerprint density at radius 3 is 1.28 bits per heavy atom. The fourth-order valence-electron chi connectivity index (χ4n) is 2.11. The molecule has 0 bridgehead atoms. The molecule has 0 saturated carbocycles. The Hall–Kier alpha value is -0.0800. The van der Waals surface area contributed by atoms with Gasteiger partial charge in [-0.2, -0.15) is 0 Å². The third-order valence-corrected chi connectivity index (χ3v) is 3.39. The molecule has 0 aromatic heterocycles. The number of likely N-dealkylation sites (tertiary alicyclic amines) is 1. The monoisotopic (exact) mass is 261 g/mol. The summed E-state index contributed by atoms with van der Waals surface area (Å²) in [4.78, 5) is 2.52. The van der Waals surface area contributed by atoms with Gasteiger partial charge in [-0.1, -0.05) is 34.1 Å². The van der Waals surface area contributed by atoms with E-state index in [2.05, 4.69) is 53.5 Å². The van der Waals surface area contributed by atoms with Gasteiger partial charge in [0.1, 0.15) is 0 Å². The van der Waals surface area contributed by atoms with Gasteiger partial charge in [0, 0.05) is 18.2 Å². The van der Waals surface area contributed by atoms with Crippen LogP contribution in [0, 0.1) is 0 Å². The summed E-state index contributed by atoms with van der Waals surface area (Å²) in [5.41, 5.74) is 0.809. The molecule has 0 aromatic carbocycles. The minimum atomic E-state index is 0.405. The zero-order valence-corrected chi connectivity index (χ0v) is 14.7. The number of aliphatic hydroxyl groups is 1. The molecule has 0 amide bonds. The molecule has 2 heteroatoms. The third kappa shape index (κ3) is 8.93. The molecule has 0 spiro atoms. The maximum Gasteiger partial charge on any atom is 0.0319 e. The molecule has 0 atom stereocenters. The number of rotatable bonds is 0. The van der Waals surface area contributed by atoms with E-state index in [1.807, 2.05) is 13.8 Å². The van der Waals surface area contributed by atoms with Gasteiger partial charge in [0.2, 0.25) is 0 Å². The quantitative estimate of drug-likeness (QED) is 0.682. The van der Waals surface area contributed by atoms with Gasteiger partial charge in [0.15, 0.2) is 0 Å². The van der Waals surface area contributed by atoms with E-state index < -0.39 is 0 Å². The highest BCUT2D eigenvalue weighted by Gasteiger charge is 2.37. The molecule has 1 fully saturated rings. The Morgan fingerprint density at radius 1 is 0.889 bits per heavy atom. The van der Waals surface area contributed by atoms with Crippen molar-refractivity contribution in [2.75, 3.05) is 14.2 Å². The molecule has 0 radical (unpaired) electrons. The van der Waals surface area contributed by atoms with E-state index in [0.717, 1.165) is 7.11 Å². The Labute approximate surface area is 117 Å². The van der Waals surface area contributed by atoms with Crippen LogP contribution in [0.4, 0.5) is 0 Å². The van der Waals surface area contributed by atoms with Gasteiger partial charge in [-0.05, 0) is 54.0 Å². The molecule has 114 valence electrons. The SMILES string of the molecule is CC.CCC.CN1C(C)(C)CCCC1(C)C.CO. The van der Waals surface area contributed by atoms with Gasteiger partial charge in [-0.25, -0.2) is 0 Å². The first-order valence-corrected chi connectivity index (χ1v) is 7.46. The number of nitrogens with zero attached hydrogens (tertiary/aromatic N) is 1. The lowest BCUT2D eigenvalue weighted by molar-refractivity contribution is -0.00199. The molecule has 0 aromatic rings. The fraction of sp³-hybridized carbons (Fsp3) is 1.00. The number of piperidine rings is 1. The summed E-state index contributed by atoms with van der Waals surface area (Å²) in [6, 6.07) is 0. The lowest BCUT2D eigenvalue weighted by Crippen LogP contribution is -2.56. The van der Waals surface area contributed by atoms with Crippen molar-refractivity contribution in [2.24, 2.45) is 0 Å². The predicted molar refractivity (Wildman–Crippen MR) is 85.2 cm³/mol. The molecule has 0 aliphatic carbocycles. The van der Waals surface area contributed by atoms with Crippen LogP contribution in [0.1, 0.15) is 81.1 Å². The Balaban J connectivity index is -0.000000274. The van der Waals surface area contributed by atoms with Crippen LogP contribution in [-0.2, 0) is 0 Å². The molecule has 2 nitrogen and oxygen atoms in total. The molecular weight excluding hydrogens is 222 g/mol. The topological polar surface area (TPSA) is 23.5 Å². The van der Waals surface area contributed by atoms with E-state index in [4.69, 9.17) is 5.11 Å². The van der Waals surface area contributed by atoms with Gasteiger partial charge < -0.3 is 5.11 Å². The highest BCUT2D eigenvalue weighted by Crippen LogP contribution is 2.36. The summed E-state index contributed by atoms with van der Waals surface area (Å²) in [6.45, 7) is 17.6. The van der Waals surface area contributed by atoms with Gasteiger partial charge in [-0.3, -0.25) is 4.90 Å². The zero-order chi connectivity index (χ0) is 15.4. The van der Waals surface area contributed by atoms with Crippen molar-refractivity contribution in [1.29, 1.82) is 0 Å². The number of aliphatic hydroxyl groups excluding tert-OH is 1. The van der Waals surface area contributed by atoms with Crippen LogP contribution < -0.4 is 0 Å². The van der Waals surface area contributed by atoms with Gasteiger partial charge in [0.25, 0.3) is 0 Å². The van der Waals surface area contributed by atoms with Crippen LogP contribution in [-0.4, -0.2) is 35.2 Å². The van der Waals surface area contributed by atoms with Crippen LogP contribution in [0.3, 0.4) is 0 Å². The summed E-state index contributed by atoms with van der Waals surface area (Å²) in [5, 5.41) is 7.00. The smallest absolute Gasteiger partial charge is 0.0319 e. The summed E-state index contributed by atoms with van der Waals surface area (Å²) in [7, 11) is 3.25. The molecule has 1 aliphatic heterocycles. The second-order valence-electron chi connectivity index (χ2n) is 5.74. The van der Waals surface area contributed by atoms with Gasteiger partial charge in [0.05, 0.1) is 0 Å². The van der Waals surface area contributed by atoms with Crippen LogP contribution in [0.25, 0.3) is 0 Å². The first-order valence-electron chi connectivity index (χ1n) is 7.46. The van der Waals surface area contributed by atoms with Crippen molar-refractivity contribution in [3.8, 4) is 0 Å². The van der Waals surface area contributed by atoms with Crippen molar-refractivity contribution < 1.29 is 5.11 Å². The van der Waals surface area contributed by atoms with Crippen molar-refractivity contribution in [2.45, 2.75) is 92.2 Å². The van der Waals surface area contributed by atoms with Crippen molar-refractivity contribution in [1.82, 2.24) is 4.90 Å². The summed E-state index contributed by atoms with van der Waals surface area (Å²) >= 11 is 0. The lowest BCUT2D eigenvalue weighted by Gasteiger charge is -2.50. The highest BCUT2D eigenvalue weighted by atomic mass is 16.2. The summed E-state index contributed by atoms with van der Waals surface area (Å²) < 4.78 is 0. The molecule has 1 heterocycles. The minimum Gasteiger partial charge on any atom is -0.400 e. The van der Waals surface area contributed by atoms with Gasteiger partial charge >= 0.3 is 0 Å².